The minimum Gasteiger partial charge on any atom is -0.457 e. The summed E-state index contributed by atoms with van der Waals surface area (Å²) in [4.78, 5) is 4.14. The molecular weight excluding hydrogens is 341 g/mol. The lowest BCUT2D eigenvalue weighted by Gasteiger charge is -2.13. The third-order valence-electron chi connectivity index (χ3n) is 3.85. The number of benzene rings is 2. The molecule has 6 heteroatoms. The van der Waals surface area contributed by atoms with Crippen LogP contribution in [0.5, 0.6) is 11.5 Å². The van der Waals surface area contributed by atoms with Crippen LogP contribution in [0.3, 0.4) is 0 Å². The summed E-state index contributed by atoms with van der Waals surface area (Å²) in [6.45, 7) is 2.57. The lowest BCUT2D eigenvalue weighted by molar-refractivity contribution is -0.137. The fourth-order valence-corrected chi connectivity index (χ4v) is 2.60. The van der Waals surface area contributed by atoms with Crippen molar-refractivity contribution in [2.45, 2.75) is 19.6 Å². The van der Waals surface area contributed by atoms with E-state index < -0.39 is 11.7 Å². The van der Waals surface area contributed by atoms with Gasteiger partial charge in [-0.1, -0.05) is 12.1 Å². The first kappa shape index (κ1) is 17.8. The van der Waals surface area contributed by atoms with Gasteiger partial charge in [0, 0.05) is 24.3 Å². The molecule has 0 unspecified atom stereocenters. The monoisotopic (exact) mass is 358 g/mol. The summed E-state index contributed by atoms with van der Waals surface area (Å²) in [5, 5.41) is 4.96. The van der Waals surface area contributed by atoms with Crippen molar-refractivity contribution in [3.05, 3.63) is 78.3 Å². The maximum absolute atomic E-state index is 12.7. The van der Waals surface area contributed by atoms with E-state index in [0.717, 1.165) is 28.5 Å². The molecule has 2 aromatic carbocycles. The molecule has 26 heavy (non-hydrogen) atoms. The first-order chi connectivity index (χ1) is 12.5. The highest BCUT2D eigenvalue weighted by molar-refractivity contribution is 5.90. The van der Waals surface area contributed by atoms with Gasteiger partial charge in [-0.15, -0.1) is 0 Å². The molecule has 0 atom stereocenters. The standard InChI is InChI=1S/C20H17F3N2O/c1-2-10-24-12-14-3-8-19(18-13-25-11-9-17(14)18)26-16-6-4-15(5-7-16)20(21,22)23/h2-11,13,24H,12H2,1H3. The van der Waals surface area contributed by atoms with E-state index in [2.05, 4.69) is 10.3 Å². The molecule has 0 saturated carbocycles. The maximum atomic E-state index is 12.7. The van der Waals surface area contributed by atoms with E-state index in [1.54, 1.807) is 18.5 Å². The highest BCUT2D eigenvalue weighted by Gasteiger charge is 2.30. The Balaban J connectivity index is 1.90. The predicted molar refractivity (Wildman–Crippen MR) is 94.9 cm³/mol. The highest BCUT2D eigenvalue weighted by atomic mass is 19.4. The second kappa shape index (κ2) is 7.47. The van der Waals surface area contributed by atoms with Crippen LogP contribution < -0.4 is 10.1 Å². The van der Waals surface area contributed by atoms with Crippen LogP contribution in [0.15, 0.2) is 67.1 Å². The normalized spacial score (nSPS) is 11.8. The number of allylic oxidation sites excluding steroid dienone is 1. The Bertz CT molecular complexity index is 918. The number of hydrogen-bond donors (Lipinski definition) is 1. The van der Waals surface area contributed by atoms with E-state index in [9.17, 15) is 13.2 Å². The molecule has 0 fully saturated rings. The number of hydrogen-bond acceptors (Lipinski definition) is 3. The summed E-state index contributed by atoms with van der Waals surface area (Å²) in [5.41, 5.74) is 0.363. The summed E-state index contributed by atoms with van der Waals surface area (Å²) < 4.78 is 43.8. The Morgan fingerprint density at radius 1 is 1.04 bits per heavy atom. The summed E-state index contributed by atoms with van der Waals surface area (Å²) >= 11 is 0. The zero-order valence-corrected chi connectivity index (χ0v) is 14.0. The molecule has 0 radical (unpaired) electrons. The fraction of sp³-hybridized carbons (Fsp3) is 0.150. The van der Waals surface area contributed by atoms with Gasteiger partial charge >= 0.3 is 6.18 Å². The molecule has 3 aromatic rings. The molecule has 3 nitrogen and oxygen atoms in total. The minimum atomic E-state index is -4.36. The zero-order valence-electron chi connectivity index (χ0n) is 14.0. The van der Waals surface area contributed by atoms with Crippen molar-refractivity contribution in [3.63, 3.8) is 0 Å². The molecule has 0 aliphatic rings. The topological polar surface area (TPSA) is 34.1 Å². The Morgan fingerprint density at radius 3 is 2.50 bits per heavy atom. The summed E-state index contributed by atoms with van der Waals surface area (Å²) in [6.07, 6.45) is 2.79. The lowest BCUT2D eigenvalue weighted by atomic mass is 10.1. The Kier molecular flexibility index (Phi) is 5.11. The van der Waals surface area contributed by atoms with Crippen molar-refractivity contribution in [3.8, 4) is 11.5 Å². The molecule has 1 N–H and O–H groups in total. The average molecular weight is 358 g/mol. The van der Waals surface area contributed by atoms with Gasteiger partial charge in [-0.05, 0) is 60.5 Å². The van der Waals surface area contributed by atoms with Gasteiger partial charge in [-0.25, -0.2) is 0 Å². The van der Waals surface area contributed by atoms with Crippen LogP contribution in [0.4, 0.5) is 13.2 Å². The summed E-state index contributed by atoms with van der Waals surface area (Å²) in [7, 11) is 0. The molecule has 0 aliphatic carbocycles. The van der Waals surface area contributed by atoms with Gasteiger partial charge < -0.3 is 10.1 Å². The first-order valence-electron chi connectivity index (χ1n) is 8.04. The summed E-state index contributed by atoms with van der Waals surface area (Å²) in [6, 6.07) is 10.3. The number of nitrogens with one attached hydrogen (secondary N) is 1. The number of halogens is 3. The van der Waals surface area contributed by atoms with Gasteiger partial charge in [-0.2, -0.15) is 13.2 Å². The van der Waals surface area contributed by atoms with Gasteiger partial charge in [0.25, 0.3) is 0 Å². The molecular formula is C20H17F3N2O. The molecule has 0 bridgehead atoms. The van der Waals surface area contributed by atoms with Gasteiger partial charge in [-0.3, -0.25) is 4.98 Å². The van der Waals surface area contributed by atoms with Crippen molar-refractivity contribution in [2.75, 3.05) is 0 Å². The van der Waals surface area contributed by atoms with Gasteiger partial charge in [0.2, 0.25) is 0 Å². The second-order valence-corrected chi connectivity index (χ2v) is 5.65. The molecule has 0 aliphatic heterocycles. The maximum Gasteiger partial charge on any atom is 0.416 e. The number of rotatable bonds is 5. The van der Waals surface area contributed by atoms with Crippen LogP contribution in [0, 0.1) is 0 Å². The van der Waals surface area contributed by atoms with Crippen molar-refractivity contribution in [2.24, 2.45) is 0 Å². The fourth-order valence-electron chi connectivity index (χ4n) is 2.60. The van der Waals surface area contributed by atoms with E-state index in [4.69, 9.17) is 4.74 Å². The largest absolute Gasteiger partial charge is 0.457 e. The molecule has 134 valence electrons. The third kappa shape index (κ3) is 3.96. The third-order valence-corrected chi connectivity index (χ3v) is 3.85. The zero-order chi connectivity index (χ0) is 18.6. The van der Waals surface area contributed by atoms with Crippen molar-refractivity contribution >= 4 is 10.8 Å². The van der Waals surface area contributed by atoms with E-state index in [1.165, 1.54) is 12.1 Å². The Labute approximate surface area is 149 Å². The first-order valence-corrected chi connectivity index (χ1v) is 8.04. The van der Waals surface area contributed by atoms with Crippen molar-refractivity contribution < 1.29 is 17.9 Å². The van der Waals surface area contributed by atoms with Crippen molar-refractivity contribution in [1.29, 1.82) is 0 Å². The van der Waals surface area contributed by atoms with Gasteiger partial charge in [0.1, 0.15) is 11.5 Å². The molecule has 3 rings (SSSR count). The minimum absolute atomic E-state index is 0.336. The summed E-state index contributed by atoms with van der Waals surface area (Å²) in [5.74, 6) is 0.880. The van der Waals surface area contributed by atoms with Gasteiger partial charge in [0.15, 0.2) is 0 Å². The molecule has 1 aromatic heterocycles. The quantitative estimate of drug-likeness (QED) is 0.638. The van der Waals surface area contributed by atoms with E-state index >= 15 is 0 Å². The van der Waals surface area contributed by atoms with Crippen LogP contribution in [-0.2, 0) is 12.7 Å². The number of aromatic nitrogens is 1. The highest BCUT2D eigenvalue weighted by Crippen LogP contribution is 2.34. The SMILES string of the molecule is CC=CNCc1ccc(Oc2ccc(C(F)(F)F)cc2)c2cnccc12. The van der Waals surface area contributed by atoms with Gasteiger partial charge in [0.05, 0.1) is 5.56 Å². The van der Waals surface area contributed by atoms with Crippen molar-refractivity contribution in [1.82, 2.24) is 10.3 Å². The molecule has 1 heterocycles. The predicted octanol–water partition coefficient (Wildman–Crippen LogP) is 5.67. The molecule has 0 saturated heterocycles. The Hall–Kier alpha value is -3.02. The van der Waals surface area contributed by atoms with E-state index in [1.807, 2.05) is 31.3 Å². The molecule has 0 spiro atoms. The van der Waals surface area contributed by atoms with Crippen LogP contribution in [0.2, 0.25) is 0 Å². The number of fused-ring (bicyclic) bond motifs is 1. The number of alkyl halides is 3. The number of ether oxygens (including phenoxy) is 1. The number of nitrogens with zero attached hydrogens (tertiary/aromatic N) is 1. The van der Waals surface area contributed by atoms with Crippen LogP contribution in [0.1, 0.15) is 18.1 Å². The average Bonchev–Trinajstić information content (AvgIpc) is 2.63. The van der Waals surface area contributed by atoms with Crippen LogP contribution in [0.25, 0.3) is 10.8 Å². The van der Waals surface area contributed by atoms with E-state index in [0.29, 0.717) is 18.0 Å². The molecule has 0 amide bonds. The van der Waals surface area contributed by atoms with E-state index in [-0.39, 0.29) is 0 Å². The Morgan fingerprint density at radius 2 is 1.81 bits per heavy atom. The smallest absolute Gasteiger partial charge is 0.416 e. The second-order valence-electron chi connectivity index (χ2n) is 5.65. The van der Waals surface area contributed by atoms with Crippen LogP contribution in [-0.4, -0.2) is 4.98 Å². The van der Waals surface area contributed by atoms with Crippen LogP contribution >= 0.6 is 0 Å². The lowest BCUT2D eigenvalue weighted by Crippen LogP contribution is -2.05. The number of pyridine rings is 1.